The van der Waals surface area contributed by atoms with Crippen molar-refractivity contribution in [1.29, 1.82) is 0 Å². The van der Waals surface area contributed by atoms with Gasteiger partial charge in [-0.3, -0.25) is 10.1 Å². The van der Waals surface area contributed by atoms with Crippen LogP contribution < -0.4 is 14.9 Å². The van der Waals surface area contributed by atoms with Crippen LogP contribution in [0.4, 0.5) is 10.8 Å². The summed E-state index contributed by atoms with van der Waals surface area (Å²) in [7, 11) is -3.85. The Hall–Kier alpha value is -2.82. The molecule has 2 N–H and O–H groups in total. The van der Waals surface area contributed by atoms with Gasteiger partial charge in [0.2, 0.25) is 9.47 Å². The van der Waals surface area contributed by atoms with E-state index in [1.165, 1.54) is 0 Å². The summed E-state index contributed by atoms with van der Waals surface area (Å²) in [5, 5.41) is 10.2. The van der Waals surface area contributed by atoms with Crippen molar-refractivity contribution in [3.05, 3.63) is 65.2 Å². The summed E-state index contributed by atoms with van der Waals surface area (Å²) in [6.45, 7) is 8.00. The van der Waals surface area contributed by atoms with Crippen molar-refractivity contribution < 1.29 is 13.2 Å². The van der Waals surface area contributed by atoms with E-state index in [1.54, 1.807) is 18.2 Å². The third-order valence-corrected chi connectivity index (χ3v) is 7.28. The molecule has 1 heterocycles. The van der Waals surface area contributed by atoms with Crippen LogP contribution in [0, 0.1) is 6.92 Å². The zero-order chi connectivity index (χ0) is 22.4. The van der Waals surface area contributed by atoms with Crippen molar-refractivity contribution in [3.63, 3.8) is 0 Å². The van der Waals surface area contributed by atoms with E-state index >= 15 is 0 Å². The maximum atomic E-state index is 12.6. The maximum Gasteiger partial charge on any atom is 0.270 e. The van der Waals surface area contributed by atoms with Crippen LogP contribution in [0.1, 0.15) is 35.3 Å². The van der Waals surface area contributed by atoms with Crippen LogP contribution in [0.15, 0.2) is 52.9 Å². The molecule has 8 nitrogen and oxygen atoms in total. The summed E-state index contributed by atoms with van der Waals surface area (Å²) in [5.41, 5.74) is 3.33. The van der Waals surface area contributed by atoms with E-state index in [0.29, 0.717) is 5.56 Å². The molecule has 2 aromatic carbocycles. The lowest BCUT2D eigenvalue weighted by atomic mass is 10.1. The van der Waals surface area contributed by atoms with Crippen LogP contribution in [-0.4, -0.2) is 37.6 Å². The van der Waals surface area contributed by atoms with Crippen molar-refractivity contribution in [2.24, 2.45) is 0 Å². The Morgan fingerprint density at radius 1 is 1.06 bits per heavy atom. The lowest BCUT2D eigenvalue weighted by molar-refractivity contribution is 0.102. The fraction of sp³-hybridized carbons (Fsp3) is 0.286. The third kappa shape index (κ3) is 5.87. The summed E-state index contributed by atoms with van der Waals surface area (Å²) in [6.07, 6.45) is 0. The zero-order valence-corrected chi connectivity index (χ0v) is 19.3. The van der Waals surface area contributed by atoms with Gasteiger partial charge in [-0.15, -0.1) is 10.2 Å². The molecule has 0 unspecified atom stereocenters. The van der Waals surface area contributed by atoms with E-state index in [4.69, 9.17) is 0 Å². The molecule has 0 radical (unpaired) electrons. The fourth-order valence-electron chi connectivity index (χ4n) is 2.98. The highest BCUT2D eigenvalue weighted by atomic mass is 32.2. The molecule has 0 saturated carbocycles. The Labute approximate surface area is 186 Å². The van der Waals surface area contributed by atoms with Gasteiger partial charge in [-0.2, -0.15) is 0 Å². The lowest BCUT2D eigenvalue weighted by Crippen LogP contribution is -2.23. The number of sulfonamides is 1. The standard InChI is InChI=1S/C21H25N5O3S2/c1-4-26(5-2)18-11-9-16(10-12-18)14-22-31(28,29)21-25-24-20(30-21)23-19(27)17-8-6-7-15(3)13-17/h6-13,22H,4-5,14H2,1-3H3,(H,23,24,27). The SMILES string of the molecule is CCN(CC)c1ccc(CNS(=O)(=O)c2nnc(NC(=O)c3cccc(C)c3)s2)cc1. The average Bonchev–Trinajstić information content (AvgIpc) is 3.23. The predicted octanol–water partition coefficient (Wildman–Crippen LogP) is 3.42. The molecule has 0 aliphatic heterocycles. The van der Waals surface area contributed by atoms with Gasteiger partial charge in [-0.25, -0.2) is 13.1 Å². The second-order valence-corrected chi connectivity index (χ2v) is 9.78. The predicted molar refractivity (Wildman–Crippen MR) is 123 cm³/mol. The number of rotatable bonds is 9. The maximum absolute atomic E-state index is 12.6. The first-order valence-corrected chi connectivity index (χ1v) is 12.2. The van der Waals surface area contributed by atoms with Gasteiger partial charge in [-0.1, -0.05) is 41.2 Å². The van der Waals surface area contributed by atoms with Gasteiger partial charge in [0.1, 0.15) is 0 Å². The average molecular weight is 460 g/mol. The molecule has 0 atom stereocenters. The topological polar surface area (TPSA) is 104 Å². The minimum Gasteiger partial charge on any atom is -0.372 e. The summed E-state index contributed by atoms with van der Waals surface area (Å²) in [6, 6.07) is 14.8. The van der Waals surface area contributed by atoms with Crippen molar-refractivity contribution in [2.75, 3.05) is 23.3 Å². The normalized spacial score (nSPS) is 11.3. The van der Waals surface area contributed by atoms with Gasteiger partial charge in [-0.05, 0) is 50.6 Å². The molecular formula is C21H25N5O3S2. The molecule has 0 saturated heterocycles. The van der Waals surface area contributed by atoms with Crippen LogP contribution in [0.2, 0.25) is 0 Å². The van der Waals surface area contributed by atoms with Crippen LogP contribution in [0.3, 0.4) is 0 Å². The molecule has 0 fully saturated rings. The molecule has 0 spiro atoms. The number of benzene rings is 2. The van der Waals surface area contributed by atoms with Crippen molar-refractivity contribution in [2.45, 2.75) is 31.7 Å². The number of hydrogen-bond donors (Lipinski definition) is 2. The number of nitrogens with one attached hydrogen (secondary N) is 2. The molecule has 1 aromatic heterocycles. The molecule has 10 heteroatoms. The van der Waals surface area contributed by atoms with Crippen LogP contribution >= 0.6 is 11.3 Å². The Balaban J connectivity index is 1.62. The minimum atomic E-state index is -3.85. The number of anilines is 2. The van der Waals surface area contributed by atoms with Gasteiger partial charge in [0.25, 0.3) is 15.9 Å². The second kappa shape index (κ2) is 9.99. The number of aryl methyl sites for hydroxylation is 1. The largest absolute Gasteiger partial charge is 0.372 e. The summed E-state index contributed by atoms with van der Waals surface area (Å²) in [4.78, 5) is 14.5. The molecule has 0 bridgehead atoms. The Kier molecular flexibility index (Phi) is 7.37. The molecule has 3 aromatic rings. The van der Waals surface area contributed by atoms with Crippen LogP contribution in [0.5, 0.6) is 0 Å². The number of carbonyl (C=O) groups is 1. The van der Waals surface area contributed by atoms with E-state index in [9.17, 15) is 13.2 Å². The highest BCUT2D eigenvalue weighted by Crippen LogP contribution is 2.21. The smallest absolute Gasteiger partial charge is 0.270 e. The summed E-state index contributed by atoms with van der Waals surface area (Å²) >= 11 is 0.803. The summed E-state index contributed by atoms with van der Waals surface area (Å²) in [5.74, 6) is -0.370. The monoisotopic (exact) mass is 459 g/mol. The number of carbonyl (C=O) groups excluding carboxylic acids is 1. The quantitative estimate of drug-likeness (QED) is 0.475. The highest BCUT2D eigenvalue weighted by Gasteiger charge is 2.21. The van der Waals surface area contributed by atoms with Crippen molar-refractivity contribution in [3.8, 4) is 0 Å². The van der Waals surface area contributed by atoms with E-state index < -0.39 is 10.0 Å². The third-order valence-electron chi connectivity index (χ3n) is 4.67. The Morgan fingerprint density at radius 3 is 2.42 bits per heavy atom. The number of hydrogen-bond acceptors (Lipinski definition) is 7. The van der Waals surface area contributed by atoms with Gasteiger partial charge in [0, 0.05) is 30.9 Å². The number of amides is 1. The van der Waals surface area contributed by atoms with Crippen LogP contribution in [-0.2, 0) is 16.6 Å². The van der Waals surface area contributed by atoms with E-state index in [-0.39, 0.29) is 21.9 Å². The molecule has 164 valence electrons. The Morgan fingerprint density at radius 2 is 1.77 bits per heavy atom. The molecule has 31 heavy (non-hydrogen) atoms. The number of nitrogens with zero attached hydrogens (tertiary/aromatic N) is 3. The first-order chi connectivity index (χ1) is 14.8. The molecule has 1 amide bonds. The summed E-state index contributed by atoms with van der Waals surface area (Å²) < 4.78 is 27.5. The van der Waals surface area contributed by atoms with Gasteiger partial charge < -0.3 is 4.90 Å². The second-order valence-electron chi connectivity index (χ2n) is 6.86. The Bertz CT molecular complexity index is 1140. The molecule has 3 rings (SSSR count). The molecular weight excluding hydrogens is 434 g/mol. The van der Waals surface area contributed by atoms with E-state index in [0.717, 1.165) is 41.2 Å². The minimum absolute atomic E-state index is 0.121. The van der Waals surface area contributed by atoms with E-state index in [1.807, 2.05) is 37.3 Å². The molecule has 0 aliphatic rings. The first-order valence-electron chi connectivity index (χ1n) is 9.87. The van der Waals surface area contributed by atoms with Gasteiger partial charge >= 0.3 is 0 Å². The van der Waals surface area contributed by atoms with E-state index in [2.05, 4.69) is 39.0 Å². The van der Waals surface area contributed by atoms with Crippen LogP contribution in [0.25, 0.3) is 0 Å². The lowest BCUT2D eigenvalue weighted by Gasteiger charge is -2.21. The van der Waals surface area contributed by atoms with Gasteiger partial charge in [0.15, 0.2) is 0 Å². The fourth-order valence-corrected chi connectivity index (χ4v) is 4.93. The number of aromatic nitrogens is 2. The van der Waals surface area contributed by atoms with Crippen molar-refractivity contribution >= 4 is 38.1 Å². The van der Waals surface area contributed by atoms with Crippen molar-refractivity contribution in [1.82, 2.24) is 14.9 Å². The zero-order valence-electron chi connectivity index (χ0n) is 17.6. The van der Waals surface area contributed by atoms with Gasteiger partial charge in [0.05, 0.1) is 0 Å². The molecule has 0 aliphatic carbocycles. The first kappa shape index (κ1) is 22.9. The highest BCUT2D eigenvalue weighted by molar-refractivity contribution is 7.91.